The minimum Gasteiger partial charge on any atom is -0.486 e. The summed E-state index contributed by atoms with van der Waals surface area (Å²) in [6, 6.07) is 7.05. The zero-order valence-electron chi connectivity index (χ0n) is 19.6. The summed E-state index contributed by atoms with van der Waals surface area (Å²) in [5.74, 6) is 0.938. The predicted octanol–water partition coefficient (Wildman–Crippen LogP) is 6.37. The number of carbonyl (C=O) groups excluding carboxylic acids is 1. The number of hydrogen-bond acceptors (Lipinski definition) is 5. The molecule has 1 aliphatic rings. The van der Waals surface area contributed by atoms with Crippen molar-refractivity contribution in [3.8, 4) is 17.1 Å². The SMILES string of the molecule is Cc1c(C(=O)NCC2CCCO2)cc(-c2csc(COc3cc(Cl)cc(Cl)c3)n2)n1CC(C)C. The van der Waals surface area contributed by atoms with E-state index in [9.17, 15) is 4.79 Å². The Hall–Kier alpha value is -2.06. The maximum atomic E-state index is 13.0. The number of hydrogen-bond donors (Lipinski definition) is 1. The Kier molecular flexibility index (Phi) is 8.19. The maximum absolute atomic E-state index is 13.0. The van der Waals surface area contributed by atoms with E-state index in [1.807, 2.05) is 18.4 Å². The van der Waals surface area contributed by atoms with Crippen molar-refractivity contribution in [3.63, 3.8) is 0 Å². The number of benzene rings is 1. The van der Waals surface area contributed by atoms with Crippen LogP contribution in [0.15, 0.2) is 29.6 Å². The molecular weight excluding hydrogens is 493 g/mol. The zero-order valence-corrected chi connectivity index (χ0v) is 21.9. The van der Waals surface area contributed by atoms with Gasteiger partial charge in [0.1, 0.15) is 17.4 Å². The van der Waals surface area contributed by atoms with E-state index in [0.29, 0.717) is 40.4 Å². The van der Waals surface area contributed by atoms with E-state index in [1.54, 1.807) is 18.2 Å². The lowest BCUT2D eigenvalue weighted by Crippen LogP contribution is -2.32. The van der Waals surface area contributed by atoms with Crippen molar-refractivity contribution in [1.29, 1.82) is 0 Å². The molecule has 1 atom stereocenters. The molecule has 3 aromatic rings. The van der Waals surface area contributed by atoms with Gasteiger partial charge in [0.05, 0.1) is 23.1 Å². The molecule has 1 amide bonds. The van der Waals surface area contributed by atoms with Gasteiger partial charge < -0.3 is 19.4 Å². The first-order chi connectivity index (χ1) is 16.3. The third-order valence-corrected chi connectivity index (χ3v) is 6.94. The molecule has 0 aliphatic carbocycles. The van der Waals surface area contributed by atoms with E-state index in [4.69, 9.17) is 37.7 Å². The van der Waals surface area contributed by atoms with Crippen LogP contribution in [0.3, 0.4) is 0 Å². The van der Waals surface area contributed by atoms with Crippen molar-refractivity contribution < 1.29 is 14.3 Å². The molecule has 0 saturated carbocycles. The second kappa shape index (κ2) is 11.1. The van der Waals surface area contributed by atoms with Gasteiger partial charge in [-0.1, -0.05) is 37.0 Å². The van der Waals surface area contributed by atoms with E-state index in [1.165, 1.54) is 11.3 Å². The maximum Gasteiger partial charge on any atom is 0.253 e. The summed E-state index contributed by atoms with van der Waals surface area (Å²) >= 11 is 13.6. The van der Waals surface area contributed by atoms with Gasteiger partial charge in [-0.3, -0.25) is 4.79 Å². The Morgan fingerprint density at radius 2 is 2.06 bits per heavy atom. The highest BCUT2D eigenvalue weighted by atomic mass is 35.5. The summed E-state index contributed by atoms with van der Waals surface area (Å²) < 4.78 is 13.7. The third-order valence-electron chi connectivity index (χ3n) is 5.69. The lowest BCUT2D eigenvalue weighted by atomic mass is 10.2. The first kappa shape index (κ1) is 25.0. The van der Waals surface area contributed by atoms with Gasteiger partial charge >= 0.3 is 0 Å². The quantitative estimate of drug-likeness (QED) is 0.355. The number of rotatable bonds is 9. The van der Waals surface area contributed by atoms with Crippen LogP contribution in [0.4, 0.5) is 0 Å². The normalized spacial score (nSPS) is 15.8. The minimum atomic E-state index is -0.0756. The highest BCUT2D eigenvalue weighted by Crippen LogP contribution is 2.30. The van der Waals surface area contributed by atoms with Gasteiger partial charge in [0, 0.05) is 40.8 Å². The van der Waals surface area contributed by atoms with Crippen molar-refractivity contribution >= 4 is 40.4 Å². The average molecular weight is 522 g/mol. The number of nitrogens with one attached hydrogen (secondary N) is 1. The Morgan fingerprint density at radius 3 is 2.74 bits per heavy atom. The molecule has 6 nitrogen and oxygen atoms in total. The molecule has 0 bridgehead atoms. The molecule has 3 heterocycles. The van der Waals surface area contributed by atoms with Gasteiger partial charge in [0.15, 0.2) is 0 Å². The second-order valence-electron chi connectivity index (χ2n) is 8.90. The molecule has 1 saturated heterocycles. The minimum absolute atomic E-state index is 0.0756. The van der Waals surface area contributed by atoms with E-state index in [-0.39, 0.29) is 12.0 Å². The Bertz CT molecular complexity index is 1130. The summed E-state index contributed by atoms with van der Waals surface area (Å²) in [5.41, 5.74) is 3.37. The largest absolute Gasteiger partial charge is 0.486 e. The standard InChI is InChI=1S/C25H29Cl2N3O3S/c1-15(2)12-30-16(3)21(25(31)28-11-19-5-4-6-32-19)10-23(30)22-14-34-24(29-22)13-33-20-8-17(26)7-18(27)9-20/h7-10,14-15,19H,4-6,11-13H2,1-3H3,(H,28,31). The van der Waals surface area contributed by atoms with Gasteiger partial charge in [-0.15, -0.1) is 11.3 Å². The molecule has 182 valence electrons. The van der Waals surface area contributed by atoms with Crippen LogP contribution in [0.2, 0.25) is 10.0 Å². The number of aromatic nitrogens is 2. The highest BCUT2D eigenvalue weighted by Gasteiger charge is 2.22. The van der Waals surface area contributed by atoms with Gasteiger partial charge in [-0.2, -0.15) is 0 Å². The molecule has 1 fully saturated rings. The van der Waals surface area contributed by atoms with E-state index < -0.39 is 0 Å². The van der Waals surface area contributed by atoms with Crippen molar-refractivity contribution in [2.45, 2.75) is 52.9 Å². The van der Waals surface area contributed by atoms with Crippen molar-refractivity contribution in [1.82, 2.24) is 14.9 Å². The van der Waals surface area contributed by atoms with Crippen LogP contribution < -0.4 is 10.1 Å². The van der Waals surface area contributed by atoms with Crippen molar-refractivity contribution in [2.75, 3.05) is 13.2 Å². The monoisotopic (exact) mass is 521 g/mol. The molecular formula is C25H29Cl2N3O3S. The Balaban J connectivity index is 1.52. The van der Waals surface area contributed by atoms with Gasteiger partial charge in [-0.05, 0) is 49.9 Å². The molecule has 1 aliphatic heterocycles. The molecule has 2 aromatic heterocycles. The third kappa shape index (κ3) is 6.13. The summed E-state index contributed by atoms with van der Waals surface area (Å²) in [6.07, 6.45) is 2.15. The van der Waals surface area contributed by atoms with Crippen LogP contribution >= 0.6 is 34.5 Å². The lowest BCUT2D eigenvalue weighted by molar-refractivity contribution is 0.0857. The molecule has 0 spiro atoms. The van der Waals surface area contributed by atoms with Crippen molar-refractivity contribution in [3.05, 3.63) is 56.0 Å². The summed E-state index contributed by atoms with van der Waals surface area (Å²) in [4.78, 5) is 17.8. The van der Waals surface area contributed by atoms with Crippen LogP contribution in [0.25, 0.3) is 11.4 Å². The zero-order chi connectivity index (χ0) is 24.2. The first-order valence-electron chi connectivity index (χ1n) is 11.4. The number of ether oxygens (including phenoxy) is 2. The number of amides is 1. The number of halogens is 2. The highest BCUT2D eigenvalue weighted by molar-refractivity contribution is 7.09. The van der Waals surface area contributed by atoms with Gasteiger partial charge in [0.25, 0.3) is 5.91 Å². The van der Waals surface area contributed by atoms with E-state index in [0.717, 1.165) is 48.1 Å². The van der Waals surface area contributed by atoms with E-state index >= 15 is 0 Å². The summed E-state index contributed by atoms with van der Waals surface area (Å²) in [7, 11) is 0. The predicted molar refractivity (Wildman–Crippen MR) is 137 cm³/mol. The summed E-state index contributed by atoms with van der Waals surface area (Å²) in [6.45, 7) is 8.73. The van der Waals surface area contributed by atoms with Crippen molar-refractivity contribution in [2.24, 2.45) is 5.92 Å². The van der Waals surface area contributed by atoms with Gasteiger partial charge in [-0.25, -0.2) is 4.98 Å². The van der Waals surface area contributed by atoms with Crippen LogP contribution in [-0.2, 0) is 17.9 Å². The number of thiazole rings is 1. The number of carbonyl (C=O) groups is 1. The average Bonchev–Trinajstić information content (AvgIpc) is 3.51. The van der Waals surface area contributed by atoms with Crippen LogP contribution in [-0.4, -0.2) is 34.7 Å². The first-order valence-corrected chi connectivity index (χ1v) is 13.1. The molecule has 1 aromatic carbocycles. The molecule has 1 N–H and O–H groups in total. The Morgan fingerprint density at radius 1 is 1.29 bits per heavy atom. The second-order valence-corrected chi connectivity index (χ2v) is 10.7. The molecule has 34 heavy (non-hydrogen) atoms. The topological polar surface area (TPSA) is 65.4 Å². The molecule has 1 unspecified atom stereocenters. The van der Waals surface area contributed by atoms with Crippen LogP contribution in [0.1, 0.15) is 47.7 Å². The van der Waals surface area contributed by atoms with Crippen LogP contribution in [0.5, 0.6) is 5.75 Å². The molecule has 4 rings (SSSR count). The van der Waals surface area contributed by atoms with Gasteiger partial charge in [0.2, 0.25) is 0 Å². The smallest absolute Gasteiger partial charge is 0.253 e. The number of nitrogens with zero attached hydrogens (tertiary/aromatic N) is 2. The fourth-order valence-corrected chi connectivity index (χ4v) is 5.25. The van der Waals surface area contributed by atoms with E-state index in [2.05, 4.69) is 23.7 Å². The fraction of sp³-hybridized carbons (Fsp3) is 0.440. The van der Waals surface area contributed by atoms with Crippen LogP contribution in [0, 0.1) is 12.8 Å². The summed E-state index contributed by atoms with van der Waals surface area (Å²) in [5, 5.41) is 6.92. The molecule has 0 radical (unpaired) electrons. The molecule has 9 heteroatoms. The lowest BCUT2D eigenvalue weighted by Gasteiger charge is -2.14. The fourth-order valence-electron chi connectivity index (χ4n) is 4.05. The Labute approximate surface area is 214 Å².